The van der Waals surface area contributed by atoms with Gasteiger partial charge in [-0.1, -0.05) is 49.2 Å². The fraction of sp³-hybridized carbons (Fsp3) is 0.533. The van der Waals surface area contributed by atoms with Gasteiger partial charge in [-0.15, -0.1) is 0 Å². The maximum Gasteiger partial charge on any atom is 0.196 e. The number of aliphatic hydroxyl groups is 1. The highest BCUT2D eigenvalue weighted by molar-refractivity contribution is 8.13. The fourth-order valence-corrected chi connectivity index (χ4v) is 3.33. The van der Waals surface area contributed by atoms with E-state index in [1.807, 2.05) is 30.3 Å². The minimum absolute atomic E-state index is 0.0688. The standard InChI is InChI=1S/C15H20O2S/c16-14(12-7-3-1-4-8-12)11-15(17)18-13-9-5-2-6-10-13/h2,5-6,9-10,12,14,16H,1,3-4,7-8,11H2. The van der Waals surface area contributed by atoms with Crippen molar-refractivity contribution in [2.24, 2.45) is 5.92 Å². The van der Waals surface area contributed by atoms with Crippen LogP contribution in [0.1, 0.15) is 38.5 Å². The van der Waals surface area contributed by atoms with Crippen molar-refractivity contribution in [3.63, 3.8) is 0 Å². The fourth-order valence-electron chi connectivity index (χ4n) is 2.52. The smallest absolute Gasteiger partial charge is 0.196 e. The van der Waals surface area contributed by atoms with E-state index in [1.165, 1.54) is 31.0 Å². The molecular weight excluding hydrogens is 244 g/mol. The summed E-state index contributed by atoms with van der Waals surface area (Å²) in [5.74, 6) is 0.332. The molecule has 0 radical (unpaired) electrons. The van der Waals surface area contributed by atoms with Crippen LogP contribution in [0.25, 0.3) is 0 Å². The van der Waals surface area contributed by atoms with E-state index in [-0.39, 0.29) is 11.5 Å². The highest BCUT2D eigenvalue weighted by Gasteiger charge is 2.23. The lowest BCUT2D eigenvalue weighted by atomic mass is 9.84. The second kappa shape index (κ2) is 6.95. The van der Waals surface area contributed by atoms with Gasteiger partial charge in [-0.25, -0.2) is 0 Å². The number of rotatable bonds is 4. The summed E-state index contributed by atoms with van der Waals surface area (Å²) in [5.41, 5.74) is 0. The first-order valence-electron chi connectivity index (χ1n) is 6.69. The lowest BCUT2D eigenvalue weighted by Crippen LogP contribution is -2.24. The zero-order valence-corrected chi connectivity index (χ0v) is 11.4. The summed E-state index contributed by atoms with van der Waals surface area (Å²) in [7, 11) is 0. The van der Waals surface area contributed by atoms with Gasteiger partial charge in [-0.3, -0.25) is 4.79 Å². The van der Waals surface area contributed by atoms with Crippen molar-refractivity contribution in [3.05, 3.63) is 30.3 Å². The van der Waals surface area contributed by atoms with Crippen LogP contribution in [0.2, 0.25) is 0 Å². The molecule has 1 saturated carbocycles. The van der Waals surface area contributed by atoms with Crippen LogP contribution in [-0.2, 0) is 4.79 Å². The second-order valence-electron chi connectivity index (χ2n) is 4.96. The normalized spacial score (nSPS) is 18.5. The Morgan fingerprint density at radius 3 is 2.56 bits per heavy atom. The molecule has 0 spiro atoms. The molecule has 1 atom stereocenters. The Morgan fingerprint density at radius 1 is 1.22 bits per heavy atom. The van der Waals surface area contributed by atoms with Gasteiger partial charge in [0.25, 0.3) is 0 Å². The van der Waals surface area contributed by atoms with Crippen molar-refractivity contribution in [2.75, 3.05) is 0 Å². The largest absolute Gasteiger partial charge is 0.392 e. The van der Waals surface area contributed by atoms with Crippen LogP contribution in [0.3, 0.4) is 0 Å². The number of thioether (sulfide) groups is 1. The van der Waals surface area contributed by atoms with Crippen LogP contribution in [0.4, 0.5) is 0 Å². The van der Waals surface area contributed by atoms with Gasteiger partial charge >= 0.3 is 0 Å². The number of hydrogen-bond donors (Lipinski definition) is 1. The topological polar surface area (TPSA) is 37.3 Å². The van der Waals surface area contributed by atoms with E-state index < -0.39 is 6.10 Å². The summed E-state index contributed by atoms with van der Waals surface area (Å²) >= 11 is 1.24. The van der Waals surface area contributed by atoms with Crippen molar-refractivity contribution in [1.29, 1.82) is 0 Å². The predicted octanol–water partition coefficient (Wildman–Crippen LogP) is 3.64. The Labute approximate surface area is 113 Å². The Kier molecular flexibility index (Phi) is 5.26. The first kappa shape index (κ1) is 13.6. The maximum absolute atomic E-state index is 11.9. The van der Waals surface area contributed by atoms with Crippen LogP contribution in [0.15, 0.2) is 35.2 Å². The van der Waals surface area contributed by atoms with Gasteiger partial charge in [-0.05, 0) is 30.9 Å². The number of carbonyl (C=O) groups is 1. The minimum Gasteiger partial charge on any atom is -0.392 e. The summed E-state index contributed by atoms with van der Waals surface area (Å²) in [5, 5.41) is 10.2. The van der Waals surface area contributed by atoms with Gasteiger partial charge < -0.3 is 5.11 Å². The van der Waals surface area contributed by atoms with Crippen molar-refractivity contribution in [2.45, 2.75) is 49.5 Å². The van der Waals surface area contributed by atoms with Crippen molar-refractivity contribution in [1.82, 2.24) is 0 Å². The lowest BCUT2D eigenvalue weighted by Gasteiger charge is -2.25. The average Bonchev–Trinajstić information content (AvgIpc) is 2.40. The van der Waals surface area contributed by atoms with Crippen LogP contribution in [0, 0.1) is 5.92 Å². The molecule has 0 amide bonds. The first-order valence-corrected chi connectivity index (χ1v) is 7.51. The average molecular weight is 264 g/mol. The number of benzene rings is 1. The van der Waals surface area contributed by atoms with Gasteiger partial charge in [0, 0.05) is 11.3 Å². The van der Waals surface area contributed by atoms with Crippen molar-refractivity contribution >= 4 is 16.9 Å². The molecule has 98 valence electrons. The maximum atomic E-state index is 11.9. The summed E-state index contributed by atoms with van der Waals surface area (Å²) in [6.07, 6.45) is 5.65. The monoisotopic (exact) mass is 264 g/mol. The van der Waals surface area contributed by atoms with Crippen molar-refractivity contribution < 1.29 is 9.90 Å². The van der Waals surface area contributed by atoms with Gasteiger partial charge in [0.15, 0.2) is 5.12 Å². The van der Waals surface area contributed by atoms with Gasteiger partial charge in [0.05, 0.1) is 6.10 Å². The van der Waals surface area contributed by atoms with Gasteiger partial charge in [0.1, 0.15) is 0 Å². The lowest BCUT2D eigenvalue weighted by molar-refractivity contribution is -0.113. The zero-order valence-electron chi connectivity index (χ0n) is 10.5. The van der Waals surface area contributed by atoms with Gasteiger partial charge in [0.2, 0.25) is 0 Å². The quantitative estimate of drug-likeness (QED) is 0.844. The van der Waals surface area contributed by atoms with E-state index in [1.54, 1.807) is 0 Å². The molecule has 1 fully saturated rings. The molecule has 1 aliphatic rings. The summed E-state index contributed by atoms with van der Waals surface area (Å²) in [6.45, 7) is 0. The molecule has 3 heteroatoms. The Balaban J connectivity index is 1.79. The number of carbonyl (C=O) groups excluding carboxylic acids is 1. The molecule has 0 heterocycles. The third kappa shape index (κ3) is 4.14. The molecule has 1 N–H and O–H groups in total. The first-order chi connectivity index (χ1) is 8.75. The molecule has 0 aliphatic heterocycles. The molecule has 0 saturated heterocycles. The molecule has 1 aromatic rings. The second-order valence-corrected chi connectivity index (χ2v) is 6.09. The SMILES string of the molecule is O=C(CC(O)C1CCCCC1)Sc1ccccc1. The summed E-state index contributed by atoms with van der Waals surface area (Å²) in [6, 6.07) is 9.64. The molecular formula is C15H20O2S. The predicted molar refractivity (Wildman–Crippen MR) is 74.5 cm³/mol. The van der Waals surface area contributed by atoms with Crippen LogP contribution in [-0.4, -0.2) is 16.3 Å². The Hall–Kier alpha value is -0.800. The zero-order chi connectivity index (χ0) is 12.8. The molecule has 18 heavy (non-hydrogen) atoms. The van der Waals surface area contributed by atoms with Gasteiger partial charge in [-0.2, -0.15) is 0 Å². The summed E-state index contributed by atoms with van der Waals surface area (Å²) in [4.78, 5) is 12.8. The number of hydrogen-bond acceptors (Lipinski definition) is 3. The molecule has 1 aromatic carbocycles. The minimum atomic E-state index is -0.450. The highest BCUT2D eigenvalue weighted by Crippen LogP contribution is 2.29. The van der Waals surface area contributed by atoms with Crippen LogP contribution in [0.5, 0.6) is 0 Å². The summed E-state index contributed by atoms with van der Waals surface area (Å²) < 4.78 is 0. The molecule has 1 unspecified atom stereocenters. The third-order valence-electron chi connectivity index (χ3n) is 3.54. The number of aliphatic hydroxyl groups excluding tert-OH is 1. The van der Waals surface area contributed by atoms with E-state index in [9.17, 15) is 9.90 Å². The van der Waals surface area contributed by atoms with E-state index >= 15 is 0 Å². The van der Waals surface area contributed by atoms with E-state index in [0.717, 1.165) is 17.7 Å². The Morgan fingerprint density at radius 2 is 1.89 bits per heavy atom. The highest BCUT2D eigenvalue weighted by atomic mass is 32.2. The van der Waals surface area contributed by atoms with Crippen molar-refractivity contribution in [3.8, 4) is 0 Å². The molecule has 0 aromatic heterocycles. The molecule has 2 nitrogen and oxygen atoms in total. The van der Waals surface area contributed by atoms with E-state index in [0.29, 0.717) is 5.92 Å². The molecule has 1 aliphatic carbocycles. The Bertz CT molecular complexity index is 371. The molecule has 0 bridgehead atoms. The third-order valence-corrected chi connectivity index (χ3v) is 4.45. The van der Waals surface area contributed by atoms with E-state index in [4.69, 9.17) is 0 Å². The van der Waals surface area contributed by atoms with E-state index in [2.05, 4.69) is 0 Å². The van der Waals surface area contributed by atoms with Crippen LogP contribution >= 0.6 is 11.8 Å². The van der Waals surface area contributed by atoms with Crippen LogP contribution < -0.4 is 0 Å². The molecule has 2 rings (SSSR count).